The summed E-state index contributed by atoms with van der Waals surface area (Å²) in [7, 11) is 2.21. The Bertz CT molecular complexity index is 1230. The molecule has 4 saturated carbocycles. The monoisotopic (exact) mass is 587 g/mol. The number of ketones is 1. The van der Waals surface area contributed by atoms with E-state index in [9.17, 15) is 4.79 Å². The third-order valence-electron chi connectivity index (χ3n) is 15.0. The van der Waals surface area contributed by atoms with Crippen molar-refractivity contribution >= 4 is 12.0 Å². The summed E-state index contributed by atoms with van der Waals surface area (Å²) in [6.07, 6.45) is 17.0. The first-order valence-electron chi connectivity index (χ1n) is 17.8. The largest absolute Gasteiger partial charge is 0.304 e. The zero-order chi connectivity index (χ0) is 30.9. The van der Waals surface area contributed by atoms with Crippen LogP contribution in [0.1, 0.15) is 113 Å². The molecule has 4 nitrogen and oxygen atoms in total. The quantitative estimate of drug-likeness (QED) is 0.193. The molecule has 1 saturated heterocycles. The van der Waals surface area contributed by atoms with Crippen molar-refractivity contribution in [2.45, 2.75) is 113 Å². The molecule has 7 atom stereocenters. The van der Waals surface area contributed by atoms with Gasteiger partial charge < -0.3 is 4.90 Å². The molecule has 5 aliphatic carbocycles. The molecule has 0 N–H and O–H groups in total. The fourth-order valence-electron chi connectivity index (χ4n) is 11.8. The second-order valence-corrected chi connectivity index (χ2v) is 18.0. The van der Waals surface area contributed by atoms with Crippen LogP contribution >= 0.6 is 0 Å². The Morgan fingerprint density at radius 2 is 1.63 bits per heavy atom. The van der Waals surface area contributed by atoms with Gasteiger partial charge in [0.1, 0.15) is 5.78 Å². The van der Waals surface area contributed by atoms with Crippen LogP contribution in [0.2, 0.25) is 0 Å². The standard InChI is InChI=1S/C39H61N3O/c1-34(2)17-19-39(28-40-21-9-10-22-42-25-23-41(8)24-26-42)20-18-37(6)29(30(39)27-34)11-12-32-36(5)15-14-33(43)35(3,4)31(36)13-16-38(32,37)7/h11,28,30-32H,12-27H2,1-8H3/t30-,31-,32+,36-,37+,38+,39+/m0/s1. The van der Waals surface area contributed by atoms with Crippen molar-refractivity contribution < 1.29 is 4.79 Å². The van der Waals surface area contributed by atoms with E-state index >= 15 is 0 Å². The van der Waals surface area contributed by atoms with E-state index in [0.29, 0.717) is 40.9 Å². The molecular weight excluding hydrogens is 526 g/mol. The van der Waals surface area contributed by atoms with Gasteiger partial charge in [0.15, 0.2) is 0 Å². The maximum atomic E-state index is 13.1. The fraction of sp³-hybridized carbons (Fsp3) is 0.846. The van der Waals surface area contributed by atoms with Crippen molar-refractivity contribution in [3.05, 3.63) is 11.6 Å². The SMILES string of the molecule is CN1CCN(CC#CCN=C[C@]23CCC(C)(C)C[C@H]2C2=CC[C@@H]4[C@@]5(C)CCC(=O)C(C)(C)[C@@H]5CC[C@@]4(C)[C@]2(C)CC3)CC1. The molecule has 43 heavy (non-hydrogen) atoms. The lowest BCUT2D eigenvalue weighted by Crippen LogP contribution is -2.64. The van der Waals surface area contributed by atoms with Crippen molar-refractivity contribution in [1.29, 1.82) is 0 Å². The third-order valence-corrected chi connectivity index (χ3v) is 15.0. The van der Waals surface area contributed by atoms with Crippen molar-refractivity contribution in [3.63, 3.8) is 0 Å². The number of rotatable bonds is 3. The van der Waals surface area contributed by atoms with Crippen LogP contribution < -0.4 is 0 Å². The third kappa shape index (κ3) is 5.02. The Hall–Kier alpha value is -1.44. The van der Waals surface area contributed by atoms with Gasteiger partial charge in [0.2, 0.25) is 0 Å². The van der Waals surface area contributed by atoms with Crippen LogP contribution in [0.25, 0.3) is 0 Å². The highest BCUT2D eigenvalue weighted by Crippen LogP contribution is 2.75. The van der Waals surface area contributed by atoms with Crippen LogP contribution in [0.15, 0.2) is 16.6 Å². The summed E-state index contributed by atoms with van der Waals surface area (Å²) in [5.74, 6) is 9.09. The molecule has 238 valence electrons. The summed E-state index contributed by atoms with van der Waals surface area (Å²) < 4.78 is 0. The molecule has 4 heteroatoms. The molecule has 6 rings (SSSR count). The predicted octanol–water partition coefficient (Wildman–Crippen LogP) is 7.68. The molecule has 5 fully saturated rings. The van der Waals surface area contributed by atoms with Gasteiger partial charge in [-0.15, -0.1) is 0 Å². The number of Topliss-reactive ketones (excluding diaryl/α,β-unsaturated/α-hetero) is 1. The molecule has 0 unspecified atom stereocenters. The highest BCUT2D eigenvalue weighted by Gasteiger charge is 2.68. The highest BCUT2D eigenvalue weighted by atomic mass is 16.1. The van der Waals surface area contributed by atoms with Crippen molar-refractivity contribution in [3.8, 4) is 11.8 Å². The van der Waals surface area contributed by atoms with E-state index in [1.54, 1.807) is 5.57 Å². The minimum Gasteiger partial charge on any atom is -0.304 e. The molecule has 0 aromatic rings. The molecule has 0 radical (unpaired) electrons. The molecule has 0 amide bonds. The lowest BCUT2D eigenvalue weighted by atomic mass is 9.33. The van der Waals surface area contributed by atoms with Crippen molar-refractivity contribution in [2.75, 3.05) is 46.3 Å². The summed E-state index contributed by atoms with van der Waals surface area (Å²) in [6, 6.07) is 0. The number of nitrogens with zero attached hydrogens (tertiary/aromatic N) is 3. The van der Waals surface area contributed by atoms with Gasteiger partial charge in [-0.2, -0.15) is 0 Å². The maximum absolute atomic E-state index is 13.1. The van der Waals surface area contributed by atoms with Gasteiger partial charge in [-0.05, 0) is 104 Å². The van der Waals surface area contributed by atoms with E-state index in [0.717, 1.165) is 45.6 Å². The summed E-state index contributed by atoms with van der Waals surface area (Å²) in [6.45, 7) is 23.5. The lowest BCUT2D eigenvalue weighted by Gasteiger charge is -2.70. The normalized spacial score (nSPS) is 44.3. The predicted molar refractivity (Wildman–Crippen MR) is 179 cm³/mol. The smallest absolute Gasteiger partial charge is 0.138 e. The Morgan fingerprint density at radius 1 is 0.907 bits per heavy atom. The minimum atomic E-state index is -0.182. The van der Waals surface area contributed by atoms with Crippen LogP contribution in [0.3, 0.4) is 0 Å². The number of allylic oxidation sites excluding steroid dienone is 2. The summed E-state index contributed by atoms with van der Waals surface area (Å²) in [5.41, 5.74) is 2.93. The number of hydrogen-bond acceptors (Lipinski definition) is 4. The van der Waals surface area contributed by atoms with E-state index in [2.05, 4.69) is 89.4 Å². The number of aliphatic imine (C=N–C) groups is 1. The fourth-order valence-corrected chi connectivity index (χ4v) is 11.8. The van der Waals surface area contributed by atoms with Gasteiger partial charge in [0, 0.05) is 49.6 Å². The number of carbonyl (C=O) groups is 1. The van der Waals surface area contributed by atoms with Gasteiger partial charge in [-0.3, -0.25) is 14.7 Å². The van der Waals surface area contributed by atoms with Gasteiger partial charge in [0.25, 0.3) is 0 Å². The van der Waals surface area contributed by atoms with Crippen molar-refractivity contribution in [1.82, 2.24) is 9.80 Å². The molecule has 6 aliphatic rings. The number of hydrogen-bond donors (Lipinski definition) is 0. The Morgan fingerprint density at radius 3 is 2.37 bits per heavy atom. The summed E-state index contributed by atoms with van der Waals surface area (Å²) >= 11 is 0. The molecule has 0 spiro atoms. The van der Waals surface area contributed by atoms with Gasteiger partial charge >= 0.3 is 0 Å². The average molecular weight is 588 g/mol. The first-order chi connectivity index (χ1) is 20.2. The zero-order valence-electron chi connectivity index (χ0n) is 29.0. The second-order valence-electron chi connectivity index (χ2n) is 18.0. The van der Waals surface area contributed by atoms with Crippen LogP contribution in [-0.2, 0) is 4.79 Å². The van der Waals surface area contributed by atoms with Crippen LogP contribution in [0.5, 0.6) is 0 Å². The lowest BCUT2D eigenvalue weighted by molar-refractivity contribution is -0.182. The van der Waals surface area contributed by atoms with Crippen LogP contribution in [0.4, 0.5) is 0 Å². The van der Waals surface area contributed by atoms with E-state index in [1.165, 1.54) is 51.4 Å². The molecule has 1 aliphatic heterocycles. The molecule has 0 bridgehead atoms. The Labute approximate surface area is 263 Å². The summed E-state index contributed by atoms with van der Waals surface area (Å²) in [5, 5.41) is 0. The first-order valence-corrected chi connectivity index (χ1v) is 17.8. The topological polar surface area (TPSA) is 35.9 Å². The van der Waals surface area contributed by atoms with Crippen LogP contribution in [-0.4, -0.2) is 68.1 Å². The van der Waals surface area contributed by atoms with Gasteiger partial charge in [0.05, 0.1) is 13.1 Å². The molecule has 0 aromatic heterocycles. The molecular formula is C39H61N3O. The van der Waals surface area contributed by atoms with Crippen LogP contribution in [0, 0.1) is 62.1 Å². The summed E-state index contributed by atoms with van der Waals surface area (Å²) in [4.78, 5) is 23.0. The van der Waals surface area contributed by atoms with E-state index in [1.807, 2.05) is 0 Å². The maximum Gasteiger partial charge on any atom is 0.138 e. The molecule has 1 heterocycles. The van der Waals surface area contributed by atoms with E-state index < -0.39 is 0 Å². The highest BCUT2D eigenvalue weighted by molar-refractivity contribution is 5.85. The average Bonchev–Trinajstić information content (AvgIpc) is 2.94. The number of carbonyl (C=O) groups excluding carboxylic acids is 1. The van der Waals surface area contributed by atoms with E-state index in [4.69, 9.17) is 4.99 Å². The first kappa shape index (κ1) is 31.5. The van der Waals surface area contributed by atoms with Gasteiger partial charge in [-0.1, -0.05) is 72.0 Å². The number of fused-ring (bicyclic) bond motifs is 7. The number of likely N-dealkylation sites (N-methyl/N-ethyl adjacent to an activating group) is 1. The van der Waals surface area contributed by atoms with Crippen molar-refractivity contribution in [2.24, 2.45) is 55.2 Å². The number of piperazine rings is 1. The van der Waals surface area contributed by atoms with E-state index in [-0.39, 0.29) is 21.7 Å². The molecule has 0 aromatic carbocycles. The second kappa shape index (κ2) is 10.8. The Kier molecular flexibility index (Phi) is 7.94. The van der Waals surface area contributed by atoms with Gasteiger partial charge in [-0.25, -0.2) is 0 Å². The zero-order valence-corrected chi connectivity index (χ0v) is 29.0. The Balaban J connectivity index is 1.25. The minimum absolute atomic E-state index is 0.182.